The predicted octanol–water partition coefficient (Wildman–Crippen LogP) is 4.77. The van der Waals surface area contributed by atoms with Crippen molar-refractivity contribution in [3.8, 4) is 0 Å². The average Bonchev–Trinajstić information content (AvgIpc) is 2.77. The summed E-state index contributed by atoms with van der Waals surface area (Å²) < 4.78 is 0. The second kappa shape index (κ2) is 9.70. The third-order valence-electron chi connectivity index (χ3n) is 4.80. The van der Waals surface area contributed by atoms with Crippen molar-refractivity contribution in [1.82, 2.24) is 9.88 Å². The molecule has 0 saturated carbocycles. The van der Waals surface area contributed by atoms with Crippen LogP contribution in [0, 0.1) is 0 Å². The van der Waals surface area contributed by atoms with Gasteiger partial charge in [0.2, 0.25) is 0 Å². The summed E-state index contributed by atoms with van der Waals surface area (Å²) in [6.07, 6.45) is 1.73. The summed E-state index contributed by atoms with van der Waals surface area (Å²) in [4.78, 5) is 21.6. The van der Waals surface area contributed by atoms with Gasteiger partial charge in [-0.15, -0.1) is 0 Å². The molecule has 4 nitrogen and oxygen atoms in total. The number of hydrogen-bond donors (Lipinski definition) is 0. The van der Waals surface area contributed by atoms with Gasteiger partial charge in [0.05, 0.1) is 0 Å². The minimum absolute atomic E-state index is 0.0331. The number of rotatable bonds is 8. The summed E-state index contributed by atoms with van der Waals surface area (Å²) in [6.45, 7) is 6.97. The van der Waals surface area contributed by atoms with Gasteiger partial charge in [-0.2, -0.15) is 0 Å². The lowest BCUT2D eigenvalue weighted by molar-refractivity contribution is 0.0752. The zero-order valence-electron chi connectivity index (χ0n) is 16.6. The van der Waals surface area contributed by atoms with E-state index in [1.165, 1.54) is 5.56 Å². The molecule has 2 aromatic carbocycles. The molecule has 0 atom stereocenters. The molecule has 3 rings (SSSR count). The molecule has 28 heavy (non-hydrogen) atoms. The van der Waals surface area contributed by atoms with Crippen LogP contribution in [0.1, 0.15) is 35.3 Å². The molecule has 3 aromatic rings. The Bertz CT molecular complexity index is 881. The number of hydrogen-bond acceptors (Lipinski definition) is 3. The SMILES string of the molecule is CCN(Cc1ccccc1)C(=O)c1ccnc(N(CC)Cc2ccccc2)c1. The van der Waals surface area contributed by atoms with Gasteiger partial charge in [0.15, 0.2) is 0 Å². The van der Waals surface area contributed by atoms with Crippen LogP contribution in [-0.4, -0.2) is 28.9 Å². The van der Waals surface area contributed by atoms with E-state index in [0.29, 0.717) is 18.7 Å². The highest BCUT2D eigenvalue weighted by Crippen LogP contribution is 2.18. The van der Waals surface area contributed by atoms with Crippen LogP contribution in [0.15, 0.2) is 79.0 Å². The molecule has 0 unspecified atom stereocenters. The maximum absolute atomic E-state index is 13.1. The van der Waals surface area contributed by atoms with Crippen LogP contribution in [0.4, 0.5) is 5.82 Å². The van der Waals surface area contributed by atoms with Crippen molar-refractivity contribution in [3.05, 3.63) is 95.7 Å². The van der Waals surface area contributed by atoms with E-state index in [4.69, 9.17) is 0 Å². The number of amides is 1. The third kappa shape index (κ3) is 4.97. The van der Waals surface area contributed by atoms with Crippen LogP contribution >= 0.6 is 0 Å². The molecule has 4 heteroatoms. The predicted molar refractivity (Wildman–Crippen MR) is 114 cm³/mol. The second-order valence-electron chi connectivity index (χ2n) is 6.71. The van der Waals surface area contributed by atoms with E-state index in [1.807, 2.05) is 66.4 Å². The first-order chi connectivity index (χ1) is 13.7. The van der Waals surface area contributed by atoms with E-state index in [2.05, 4.69) is 28.9 Å². The van der Waals surface area contributed by atoms with Gasteiger partial charge in [0.1, 0.15) is 5.82 Å². The van der Waals surface area contributed by atoms with Gasteiger partial charge < -0.3 is 9.80 Å². The average molecular weight is 374 g/mol. The van der Waals surface area contributed by atoms with Crippen molar-refractivity contribution in [1.29, 1.82) is 0 Å². The number of benzene rings is 2. The van der Waals surface area contributed by atoms with E-state index in [9.17, 15) is 4.79 Å². The molecule has 0 saturated heterocycles. The molecule has 0 aliphatic rings. The number of aromatic nitrogens is 1. The topological polar surface area (TPSA) is 36.4 Å². The van der Waals surface area contributed by atoms with Gasteiger partial charge in [0.25, 0.3) is 5.91 Å². The minimum atomic E-state index is 0.0331. The fourth-order valence-electron chi connectivity index (χ4n) is 3.20. The highest BCUT2D eigenvalue weighted by molar-refractivity contribution is 5.94. The van der Waals surface area contributed by atoms with E-state index in [1.54, 1.807) is 12.3 Å². The van der Waals surface area contributed by atoms with Gasteiger partial charge >= 0.3 is 0 Å². The normalized spacial score (nSPS) is 10.5. The third-order valence-corrected chi connectivity index (χ3v) is 4.80. The lowest BCUT2D eigenvalue weighted by atomic mass is 10.1. The van der Waals surface area contributed by atoms with Crippen molar-refractivity contribution >= 4 is 11.7 Å². The zero-order chi connectivity index (χ0) is 19.8. The van der Waals surface area contributed by atoms with Gasteiger partial charge in [-0.25, -0.2) is 4.98 Å². The van der Waals surface area contributed by atoms with Crippen LogP contribution in [0.2, 0.25) is 0 Å². The molecule has 0 aliphatic carbocycles. The summed E-state index contributed by atoms with van der Waals surface area (Å²) in [5.41, 5.74) is 3.03. The summed E-state index contributed by atoms with van der Waals surface area (Å²) in [7, 11) is 0. The van der Waals surface area contributed by atoms with Gasteiger partial charge in [-0.3, -0.25) is 4.79 Å². The second-order valence-corrected chi connectivity index (χ2v) is 6.71. The lowest BCUT2D eigenvalue weighted by Crippen LogP contribution is -2.31. The van der Waals surface area contributed by atoms with Crippen molar-refractivity contribution in [3.63, 3.8) is 0 Å². The molecule has 144 valence electrons. The van der Waals surface area contributed by atoms with E-state index in [-0.39, 0.29) is 5.91 Å². The Labute approximate surface area is 167 Å². The van der Waals surface area contributed by atoms with E-state index >= 15 is 0 Å². The minimum Gasteiger partial charge on any atom is -0.353 e. The Morgan fingerprint density at radius 1 is 0.821 bits per heavy atom. The number of carbonyl (C=O) groups excluding carboxylic acids is 1. The summed E-state index contributed by atoms with van der Waals surface area (Å²) in [5, 5.41) is 0. The molecule has 1 aromatic heterocycles. The molecule has 0 fully saturated rings. The molecule has 1 heterocycles. The van der Waals surface area contributed by atoms with E-state index < -0.39 is 0 Å². The summed E-state index contributed by atoms with van der Waals surface area (Å²) in [5.74, 6) is 0.860. The number of nitrogens with zero attached hydrogens (tertiary/aromatic N) is 3. The Hall–Kier alpha value is -3.14. The van der Waals surface area contributed by atoms with E-state index in [0.717, 1.165) is 24.5 Å². The van der Waals surface area contributed by atoms with Crippen LogP contribution in [-0.2, 0) is 13.1 Å². The molecular weight excluding hydrogens is 346 g/mol. The standard InChI is InChI=1S/C24H27N3O/c1-3-26(18-20-11-7-5-8-12-20)23-17-22(15-16-25-23)24(28)27(4-2)19-21-13-9-6-10-14-21/h5-17H,3-4,18-19H2,1-2H3. The number of anilines is 1. The molecular formula is C24H27N3O. The van der Waals surface area contributed by atoms with Crippen LogP contribution in [0.25, 0.3) is 0 Å². The van der Waals surface area contributed by atoms with Gasteiger partial charge in [-0.1, -0.05) is 60.7 Å². The van der Waals surface area contributed by atoms with Crippen LogP contribution < -0.4 is 4.90 Å². The summed E-state index contributed by atoms with van der Waals surface area (Å²) in [6, 6.07) is 24.1. The first-order valence-electron chi connectivity index (χ1n) is 9.79. The van der Waals surface area contributed by atoms with Gasteiger partial charge in [0, 0.05) is 37.9 Å². The summed E-state index contributed by atoms with van der Waals surface area (Å²) >= 11 is 0. The maximum atomic E-state index is 13.1. The zero-order valence-corrected chi connectivity index (χ0v) is 16.6. The fraction of sp³-hybridized carbons (Fsp3) is 0.250. The lowest BCUT2D eigenvalue weighted by Gasteiger charge is -2.24. The Kier molecular flexibility index (Phi) is 6.79. The molecule has 0 spiro atoms. The largest absolute Gasteiger partial charge is 0.353 e. The monoisotopic (exact) mass is 373 g/mol. The van der Waals surface area contributed by atoms with Crippen molar-refractivity contribution < 1.29 is 4.79 Å². The molecule has 0 bridgehead atoms. The first kappa shape index (κ1) is 19.6. The van der Waals surface area contributed by atoms with Crippen LogP contribution in [0.3, 0.4) is 0 Å². The van der Waals surface area contributed by atoms with Crippen LogP contribution in [0.5, 0.6) is 0 Å². The fourth-order valence-corrected chi connectivity index (χ4v) is 3.20. The van der Waals surface area contributed by atoms with Crippen molar-refractivity contribution in [2.75, 3.05) is 18.0 Å². The quantitative estimate of drug-likeness (QED) is 0.571. The Balaban J connectivity index is 1.77. The molecule has 0 radical (unpaired) electrons. The van der Waals surface area contributed by atoms with Gasteiger partial charge in [-0.05, 0) is 37.1 Å². The van der Waals surface area contributed by atoms with Crippen molar-refractivity contribution in [2.45, 2.75) is 26.9 Å². The Morgan fingerprint density at radius 3 is 2.00 bits per heavy atom. The molecule has 0 aliphatic heterocycles. The Morgan fingerprint density at radius 2 is 1.43 bits per heavy atom. The highest BCUT2D eigenvalue weighted by Gasteiger charge is 2.17. The molecule has 0 N–H and O–H groups in total. The van der Waals surface area contributed by atoms with Crippen molar-refractivity contribution in [2.24, 2.45) is 0 Å². The first-order valence-corrected chi connectivity index (χ1v) is 9.79. The highest BCUT2D eigenvalue weighted by atomic mass is 16.2. The maximum Gasteiger partial charge on any atom is 0.254 e. The smallest absolute Gasteiger partial charge is 0.254 e. The number of carbonyl (C=O) groups is 1. The number of pyridine rings is 1. The molecule has 1 amide bonds.